The summed E-state index contributed by atoms with van der Waals surface area (Å²) in [5.41, 5.74) is 5.50. The van der Waals surface area contributed by atoms with E-state index in [0.29, 0.717) is 10.3 Å². The zero-order valence-electron chi connectivity index (χ0n) is 12.0. The van der Waals surface area contributed by atoms with Gasteiger partial charge in [-0.3, -0.25) is 4.98 Å². The lowest BCUT2D eigenvalue weighted by Gasteiger charge is -2.12. The van der Waals surface area contributed by atoms with Gasteiger partial charge in [0.1, 0.15) is 15.9 Å². The molecule has 0 unspecified atom stereocenters. The molecule has 106 valence electrons. The number of halogens is 1. The summed E-state index contributed by atoms with van der Waals surface area (Å²) in [5, 5.41) is 0. The maximum atomic E-state index is 5.51. The molecule has 0 aliphatic heterocycles. The van der Waals surface area contributed by atoms with Gasteiger partial charge in [0, 0.05) is 5.56 Å². The second-order valence-electron chi connectivity index (χ2n) is 4.89. The molecule has 4 nitrogen and oxygen atoms in total. The van der Waals surface area contributed by atoms with Crippen LogP contribution in [0.15, 0.2) is 35.1 Å². The third-order valence-electron chi connectivity index (χ3n) is 3.30. The van der Waals surface area contributed by atoms with E-state index in [2.05, 4.69) is 50.8 Å². The Morgan fingerprint density at radius 3 is 2.67 bits per heavy atom. The van der Waals surface area contributed by atoms with Crippen LogP contribution in [0.4, 0.5) is 0 Å². The third kappa shape index (κ3) is 2.61. The molecule has 0 N–H and O–H groups in total. The van der Waals surface area contributed by atoms with Crippen LogP contribution >= 0.6 is 15.9 Å². The first-order chi connectivity index (χ1) is 10.1. The van der Waals surface area contributed by atoms with Crippen LogP contribution in [0.25, 0.3) is 22.4 Å². The van der Waals surface area contributed by atoms with Gasteiger partial charge in [-0.2, -0.15) is 0 Å². The molecular weight excluding hydrogens is 330 g/mol. The van der Waals surface area contributed by atoms with Crippen molar-refractivity contribution in [1.82, 2.24) is 15.0 Å². The molecule has 0 aliphatic carbocycles. The molecule has 0 atom stereocenters. The van der Waals surface area contributed by atoms with Crippen molar-refractivity contribution in [2.75, 3.05) is 7.11 Å². The Balaban J connectivity index is 2.25. The number of fused-ring (bicyclic) bond motifs is 1. The fraction of sp³-hybridized carbons (Fsp3) is 0.188. The molecular formula is C16H14BrN3O. The van der Waals surface area contributed by atoms with Crippen molar-refractivity contribution in [3.63, 3.8) is 0 Å². The second-order valence-corrected chi connectivity index (χ2v) is 5.70. The number of aromatic nitrogens is 3. The average molecular weight is 344 g/mol. The first kappa shape index (κ1) is 13.9. The van der Waals surface area contributed by atoms with Crippen molar-refractivity contribution < 1.29 is 4.74 Å². The maximum absolute atomic E-state index is 5.51. The first-order valence-corrected chi connectivity index (χ1v) is 7.32. The minimum atomic E-state index is 0.615. The number of hydrogen-bond donors (Lipinski definition) is 0. The minimum Gasteiger partial charge on any atom is -0.496 e. The highest BCUT2D eigenvalue weighted by Gasteiger charge is 2.12. The summed E-state index contributed by atoms with van der Waals surface area (Å²) in [5.74, 6) is 0.822. The Labute approximate surface area is 131 Å². The van der Waals surface area contributed by atoms with E-state index in [0.717, 1.165) is 33.7 Å². The molecule has 0 radical (unpaired) electrons. The van der Waals surface area contributed by atoms with E-state index in [4.69, 9.17) is 4.74 Å². The summed E-state index contributed by atoms with van der Waals surface area (Å²) in [6.45, 7) is 4.11. The lowest BCUT2D eigenvalue weighted by Crippen LogP contribution is -1.96. The van der Waals surface area contributed by atoms with E-state index in [-0.39, 0.29) is 0 Å². The van der Waals surface area contributed by atoms with Crippen molar-refractivity contribution in [3.8, 4) is 17.0 Å². The van der Waals surface area contributed by atoms with Crippen LogP contribution in [-0.2, 0) is 0 Å². The van der Waals surface area contributed by atoms with Crippen molar-refractivity contribution >= 4 is 27.1 Å². The van der Waals surface area contributed by atoms with E-state index >= 15 is 0 Å². The maximum Gasteiger partial charge on any atom is 0.179 e. The molecule has 2 heterocycles. The number of hydrogen-bond acceptors (Lipinski definition) is 4. The number of methoxy groups -OCH3 is 1. The molecule has 0 fully saturated rings. The highest BCUT2D eigenvalue weighted by atomic mass is 79.9. The molecule has 5 heteroatoms. The quantitative estimate of drug-likeness (QED) is 0.703. The van der Waals surface area contributed by atoms with Crippen LogP contribution in [0.2, 0.25) is 0 Å². The molecule has 0 saturated heterocycles. The third-order valence-corrected chi connectivity index (χ3v) is 3.68. The van der Waals surface area contributed by atoms with Gasteiger partial charge in [-0.15, -0.1) is 0 Å². The predicted octanol–water partition coefficient (Wildman–Crippen LogP) is 4.08. The van der Waals surface area contributed by atoms with Crippen molar-refractivity contribution in [1.29, 1.82) is 0 Å². The zero-order valence-corrected chi connectivity index (χ0v) is 13.6. The van der Waals surface area contributed by atoms with Gasteiger partial charge in [0.2, 0.25) is 0 Å². The molecule has 0 spiro atoms. The molecule has 0 saturated carbocycles. The SMILES string of the molecule is COc1cc(C)cc(C)c1-c1ccc2ncc(Br)nc2n1. The molecule has 21 heavy (non-hydrogen) atoms. The predicted molar refractivity (Wildman–Crippen MR) is 86.5 cm³/mol. The van der Waals surface area contributed by atoms with Crippen molar-refractivity contribution in [2.24, 2.45) is 0 Å². The lowest BCUT2D eigenvalue weighted by atomic mass is 10.0. The fourth-order valence-corrected chi connectivity index (χ4v) is 2.70. The summed E-state index contributed by atoms with van der Waals surface area (Å²) < 4.78 is 6.19. The smallest absolute Gasteiger partial charge is 0.179 e. The molecule has 0 amide bonds. The Kier molecular flexibility index (Phi) is 3.59. The fourth-order valence-electron chi connectivity index (χ4n) is 2.43. The number of rotatable bonds is 2. The monoisotopic (exact) mass is 343 g/mol. The highest BCUT2D eigenvalue weighted by Crippen LogP contribution is 2.33. The van der Waals surface area contributed by atoms with E-state index < -0.39 is 0 Å². The van der Waals surface area contributed by atoms with Gasteiger partial charge in [-0.1, -0.05) is 6.07 Å². The van der Waals surface area contributed by atoms with Crippen LogP contribution in [-0.4, -0.2) is 22.1 Å². The second kappa shape index (κ2) is 5.41. The van der Waals surface area contributed by atoms with E-state index in [1.165, 1.54) is 0 Å². The number of nitrogens with zero attached hydrogens (tertiary/aromatic N) is 3. The van der Waals surface area contributed by atoms with Gasteiger partial charge >= 0.3 is 0 Å². The molecule has 0 bridgehead atoms. The van der Waals surface area contributed by atoms with Crippen molar-refractivity contribution in [2.45, 2.75) is 13.8 Å². The summed E-state index contributed by atoms with van der Waals surface area (Å²) in [6.07, 6.45) is 1.67. The number of benzene rings is 1. The van der Waals surface area contributed by atoms with Gasteiger partial charge in [0.05, 0.1) is 19.0 Å². The number of ether oxygens (including phenoxy) is 1. The zero-order chi connectivity index (χ0) is 15.0. The van der Waals surface area contributed by atoms with Crippen LogP contribution in [0.1, 0.15) is 11.1 Å². The summed E-state index contributed by atoms with van der Waals surface area (Å²) in [6, 6.07) is 8.01. The van der Waals surface area contributed by atoms with E-state index in [1.807, 2.05) is 18.2 Å². The Hall–Kier alpha value is -2.01. The first-order valence-electron chi connectivity index (χ1n) is 6.53. The molecule has 0 aliphatic rings. The summed E-state index contributed by atoms with van der Waals surface area (Å²) >= 11 is 3.33. The normalized spacial score (nSPS) is 10.9. The van der Waals surface area contributed by atoms with Crippen LogP contribution in [0.5, 0.6) is 5.75 Å². The van der Waals surface area contributed by atoms with Gasteiger partial charge in [0.15, 0.2) is 5.65 Å². The van der Waals surface area contributed by atoms with Crippen LogP contribution in [0, 0.1) is 13.8 Å². The van der Waals surface area contributed by atoms with Crippen molar-refractivity contribution in [3.05, 3.63) is 46.2 Å². The topological polar surface area (TPSA) is 47.9 Å². The summed E-state index contributed by atoms with van der Waals surface area (Å²) in [7, 11) is 1.68. The lowest BCUT2D eigenvalue weighted by molar-refractivity contribution is 0.415. The average Bonchev–Trinajstić information content (AvgIpc) is 2.45. The Bertz CT molecular complexity index is 833. The van der Waals surface area contributed by atoms with Gasteiger partial charge in [0.25, 0.3) is 0 Å². The number of aryl methyl sites for hydroxylation is 2. The van der Waals surface area contributed by atoms with Crippen LogP contribution < -0.4 is 4.74 Å². The Morgan fingerprint density at radius 2 is 1.90 bits per heavy atom. The van der Waals surface area contributed by atoms with Gasteiger partial charge in [-0.25, -0.2) is 9.97 Å². The van der Waals surface area contributed by atoms with Crippen LogP contribution in [0.3, 0.4) is 0 Å². The summed E-state index contributed by atoms with van der Waals surface area (Å²) in [4.78, 5) is 13.3. The van der Waals surface area contributed by atoms with E-state index in [1.54, 1.807) is 13.3 Å². The number of pyridine rings is 1. The molecule has 3 aromatic rings. The highest BCUT2D eigenvalue weighted by molar-refractivity contribution is 9.10. The van der Waals surface area contributed by atoms with Gasteiger partial charge in [-0.05, 0) is 59.1 Å². The van der Waals surface area contributed by atoms with Gasteiger partial charge < -0.3 is 4.74 Å². The van der Waals surface area contributed by atoms with E-state index in [9.17, 15) is 0 Å². The molecule has 2 aromatic heterocycles. The Morgan fingerprint density at radius 1 is 1.10 bits per heavy atom. The molecule has 3 rings (SSSR count). The largest absolute Gasteiger partial charge is 0.496 e. The molecule has 1 aromatic carbocycles. The minimum absolute atomic E-state index is 0.615. The standard InChI is InChI=1S/C16H14BrN3O/c1-9-6-10(2)15(13(7-9)21-3)11-4-5-12-16(19-11)20-14(17)8-18-12/h4-8H,1-3H3.